The van der Waals surface area contributed by atoms with E-state index in [0.29, 0.717) is 39.3 Å². The molecule has 0 saturated heterocycles. The second-order valence-corrected chi connectivity index (χ2v) is 9.27. The van der Waals surface area contributed by atoms with Crippen LogP contribution in [0.2, 0.25) is 0 Å². The average molecular weight is 518 g/mol. The van der Waals surface area contributed by atoms with Gasteiger partial charge in [0.2, 0.25) is 5.91 Å². The lowest BCUT2D eigenvalue weighted by Gasteiger charge is -2.24. The number of nitrogens with one attached hydrogen (secondary N) is 1. The maximum atomic E-state index is 12.1. The Kier molecular flexibility index (Phi) is 9.86. The molecule has 3 aromatic rings. The number of amides is 2. The Morgan fingerprint density at radius 1 is 0.842 bits per heavy atom. The summed E-state index contributed by atoms with van der Waals surface area (Å²) in [5.74, 6) is -0.215. The van der Waals surface area contributed by atoms with Crippen molar-refractivity contribution in [1.82, 2.24) is 10.2 Å². The minimum absolute atomic E-state index is 0.00199. The number of ether oxygens (including phenoxy) is 2. The third-order valence-electron chi connectivity index (χ3n) is 6.69. The minimum atomic E-state index is -0.965. The standard InChI is InChI=1S/C30H35N3O5/c31-28(20-22-8-2-1-3-9-22)29(34)32-14-16-37-18-19-38-17-15-33(30(35)36)21-27-25-12-6-4-10-23(25)24-11-5-7-13-26(24)27/h1-13,27-28H,14-21,31H2,(H,32,34)(H,35,36). The molecule has 8 nitrogen and oxygen atoms in total. The summed E-state index contributed by atoms with van der Waals surface area (Å²) in [5, 5.41) is 12.6. The van der Waals surface area contributed by atoms with Gasteiger partial charge in [-0.1, -0.05) is 78.9 Å². The number of carboxylic acid groups (broad SMARTS) is 1. The van der Waals surface area contributed by atoms with Crippen molar-refractivity contribution >= 4 is 12.0 Å². The molecule has 1 unspecified atom stereocenters. The molecule has 0 aliphatic heterocycles. The van der Waals surface area contributed by atoms with Gasteiger partial charge < -0.3 is 30.5 Å². The maximum absolute atomic E-state index is 12.1. The minimum Gasteiger partial charge on any atom is -0.465 e. The number of carbonyl (C=O) groups is 2. The summed E-state index contributed by atoms with van der Waals surface area (Å²) in [6.45, 7) is 2.30. The molecule has 0 fully saturated rings. The van der Waals surface area contributed by atoms with Crippen molar-refractivity contribution in [3.63, 3.8) is 0 Å². The molecule has 4 N–H and O–H groups in total. The van der Waals surface area contributed by atoms with Crippen molar-refractivity contribution in [1.29, 1.82) is 0 Å². The molecule has 1 atom stereocenters. The van der Waals surface area contributed by atoms with Crippen molar-refractivity contribution in [3.8, 4) is 11.1 Å². The zero-order valence-electron chi connectivity index (χ0n) is 21.4. The summed E-state index contributed by atoms with van der Waals surface area (Å²) in [4.78, 5) is 25.5. The molecular formula is C30H35N3O5. The quantitative estimate of drug-likeness (QED) is 0.282. The number of carbonyl (C=O) groups excluding carboxylic acids is 1. The van der Waals surface area contributed by atoms with Crippen LogP contribution in [0.3, 0.4) is 0 Å². The largest absolute Gasteiger partial charge is 0.465 e. The molecule has 0 heterocycles. The first kappa shape index (κ1) is 27.3. The molecular weight excluding hydrogens is 482 g/mol. The molecule has 0 radical (unpaired) electrons. The van der Waals surface area contributed by atoms with Gasteiger partial charge in [0.05, 0.1) is 32.5 Å². The molecule has 2 amide bonds. The Hall–Kier alpha value is -3.72. The van der Waals surface area contributed by atoms with E-state index in [4.69, 9.17) is 15.2 Å². The van der Waals surface area contributed by atoms with Gasteiger partial charge in [-0.15, -0.1) is 0 Å². The number of fused-ring (bicyclic) bond motifs is 3. The van der Waals surface area contributed by atoms with E-state index in [1.807, 2.05) is 54.6 Å². The number of rotatable bonds is 14. The van der Waals surface area contributed by atoms with Gasteiger partial charge in [0, 0.05) is 25.6 Å². The van der Waals surface area contributed by atoms with Gasteiger partial charge in [-0.05, 0) is 34.2 Å². The highest BCUT2D eigenvalue weighted by molar-refractivity contribution is 5.81. The summed E-state index contributed by atoms with van der Waals surface area (Å²) in [5.41, 5.74) is 11.6. The van der Waals surface area contributed by atoms with E-state index in [0.717, 1.165) is 16.7 Å². The smallest absolute Gasteiger partial charge is 0.407 e. The van der Waals surface area contributed by atoms with Crippen LogP contribution < -0.4 is 11.1 Å². The van der Waals surface area contributed by atoms with Crippen LogP contribution in [0.25, 0.3) is 11.1 Å². The van der Waals surface area contributed by atoms with Gasteiger partial charge in [-0.2, -0.15) is 0 Å². The molecule has 0 bridgehead atoms. The van der Waals surface area contributed by atoms with Crippen molar-refractivity contribution in [2.75, 3.05) is 46.1 Å². The highest BCUT2D eigenvalue weighted by Crippen LogP contribution is 2.44. The first-order chi connectivity index (χ1) is 18.5. The number of hydrogen-bond acceptors (Lipinski definition) is 5. The SMILES string of the molecule is NC(Cc1ccccc1)C(=O)NCCOCCOCCN(CC1c2ccccc2-c2ccccc21)C(=O)O. The molecule has 1 aliphatic carbocycles. The maximum Gasteiger partial charge on any atom is 0.407 e. The van der Waals surface area contributed by atoms with Gasteiger partial charge in [-0.25, -0.2) is 4.79 Å². The zero-order valence-corrected chi connectivity index (χ0v) is 21.4. The van der Waals surface area contributed by atoms with Gasteiger partial charge in [0.15, 0.2) is 0 Å². The molecule has 3 aromatic carbocycles. The summed E-state index contributed by atoms with van der Waals surface area (Å²) < 4.78 is 11.1. The third-order valence-corrected chi connectivity index (χ3v) is 6.69. The van der Waals surface area contributed by atoms with E-state index >= 15 is 0 Å². The van der Waals surface area contributed by atoms with Gasteiger partial charge in [0.25, 0.3) is 0 Å². The van der Waals surface area contributed by atoms with E-state index in [2.05, 4.69) is 29.6 Å². The third kappa shape index (κ3) is 7.19. The molecule has 0 aromatic heterocycles. The first-order valence-corrected chi connectivity index (χ1v) is 12.9. The zero-order chi connectivity index (χ0) is 26.7. The van der Waals surface area contributed by atoms with Crippen LogP contribution in [-0.4, -0.2) is 74.1 Å². The van der Waals surface area contributed by atoms with Gasteiger partial charge in [-0.3, -0.25) is 4.79 Å². The Bertz CT molecular complexity index is 1160. The number of nitrogens with zero attached hydrogens (tertiary/aromatic N) is 1. The van der Waals surface area contributed by atoms with Crippen molar-refractivity contribution in [2.24, 2.45) is 5.73 Å². The fourth-order valence-electron chi connectivity index (χ4n) is 4.78. The molecule has 8 heteroatoms. The molecule has 200 valence electrons. The Morgan fingerprint density at radius 3 is 2.05 bits per heavy atom. The summed E-state index contributed by atoms with van der Waals surface area (Å²) in [6.07, 6.45) is -0.484. The molecule has 1 aliphatic rings. The normalized spacial score (nSPS) is 13.0. The summed E-state index contributed by atoms with van der Waals surface area (Å²) >= 11 is 0. The van der Waals surface area contributed by atoms with E-state index < -0.39 is 12.1 Å². The monoisotopic (exact) mass is 517 g/mol. The topological polar surface area (TPSA) is 114 Å². The van der Waals surface area contributed by atoms with E-state index in [1.54, 1.807) is 0 Å². The first-order valence-electron chi connectivity index (χ1n) is 12.9. The van der Waals surface area contributed by atoms with Crippen LogP contribution in [0, 0.1) is 0 Å². The van der Waals surface area contributed by atoms with Crippen LogP contribution >= 0.6 is 0 Å². The van der Waals surface area contributed by atoms with Crippen LogP contribution in [0.15, 0.2) is 78.9 Å². The lowest BCUT2D eigenvalue weighted by atomic mass is 9.96. The predicted octanol–water partition coefficient (Wildman–Crippen LogP) is 3.50. The number of hydrogen-bond donors (Lipinski definition) is 3. The number of benzene rings is 3. The van der Waals surface area contributed by atoms with Crippen molar-refractivity contribution in [3.05, 3.63) is 95.6 Å². The molecule has 38 heavy (non-hydrogen) atoms. The van der Waals surface area contributed by atoms with Crippen molar-refractivity contribution < 1.29 is 24.2 Å². The van der Waals surface area contributed by atoms with E-state index in [9.17, 15) is 14.7 Å². The fraction of sp³-hybridized carbons (Fsp3) is 0.333. The predicted molar refractivity (Wildman–Crippen MR) is 146 cm³/mol. The molecule has 0 saturated carbocycles. The van der Waals surface area contributed by atoms with Crippen LogP contribution in [0.5, 0.6) is 0 Å². The molecule has 4 rings (SSSR count). The van der Waals surface area contributed by atoms with Crippen LogP contribution in [-0.2, 0) is 20.7 Å². The molecule has 0 spiro atoms. The fourth-order valence-corrected chi connectivity index (χ4v) is 4.78. The van der Waals surface area contributed by atoms with E-state index in [-0.39, 0.29) is 25.0 Å². The van der Waals surface area contributed by atoms with Gasteiger partial charge >= 0.3 is 6.09 Å². The van der Waals surface area contributed by atoms with Gasteiger partial charge in [0.1, 0.15) is 0 Å². The lowest BCUT2D eigenvalue weighted by Crippen LogP contribution is -2.43. The second kappa shape index (κ2) is 13.7. The Morgan fingerprint density at radius 2 is 1.42 bits per heavy atom. The Balaban J connectivity index is 1.12. The summed E-state index contributed by atoms with van der Waals surface area (Å²) in [6, 6.07) is 25.4. The summed E-state index contributed by atoms with van der Waals surface area (Å²) in [7, 11) is 0. The lowest BCUT2D eigenvalue weighted by molar-refractivity contribution is -0.122. The second-order valence-electron chi connectivity index (χ2n) is 9.27. The van der Waals surface area contributed by atoms with E-state index in [1.165, 1.54) is 16.0 Å². The highest BCUT2D eigenvalue weighted by atomic mass is 16.5. The van der Waals surface area contributed by atoms with Crippen LogP contribution in [0.4, 0.5) is 4.79 Å². The number of nitrogens with two attached hydrogens (primary N) is 1. The highest BCUT2D eigenvalue weighted by Gasteiger charge is 2.30. The average Bonchev–Trinajstić information content (AvgIpc) is 3.25. The van der Waals surface area contributed by atoms with Crippen molar-refractivity contribution in [2.45, 2.75) is 18.4 Å². The Labute approximate surface area is 223 Å². The van der Waals surface area contributed by atoms with Crippen LogP contribution in [0.1, 0.15) is 22.6 Å².